The molecule has 0 aliphatic carbocycles. The van der Waals surface area contributed by atoms with Crippen molar-refractivity contribution in [2.45, 2.75) is 26.8 Å². The highest BCUT2D eigenvalue weighted by atomic mass is 35.5. The van der Waals surface area contributed by atoms with Gasteiger partial charge < -0.3 is 5.11 Å². The van der Waals surface area contributed by atoms with Crippen molar-refractivity contribution in [3.63, 3.8) is 0 Å². The van der Waals surface area contributed by atoms with Crippen molar-refractivity contribution in [3.05, 3.63) is 46.0 Å². The molecule has 21 heavy (non-hydrogen) atoms. The van der Waals surface area contributed by atoms with Crippen LogP contribution in [0.15, 0.2) is 18.2 Å². The minimum absolute atomic E-state index is 0.0245. The third-order valence-corrected chi connectivity index (χ3v) is 3.29. The summed E-state index contributed by atoms with van der Waals surface area (Å²) in [6.45, 7) is 4.01. The van der Waals surface area contributed by atoms with Crippen LogP contribution in [-0.4, -0.2) is 26.1 Å². The van der Waals surface area contributed by atoms with E-state index in [1.165, 1.54) is 10.7 Å². The molecule has 7 heteroatoms. The molecule has 1 aromatic carbocycles. The van der Waals surface area contributed by atoms with Gasteiger partial charge in [-0.25, -0.2) is 13.9 Å². The van der Waals surface area contributed by atoms with E-state index in [-0.39, 0.29) is 23.2 Å². The first-order valence-electron chi connectivity index (χ1n) is 6.48. The highest BCUT2D eigenvalue weighted by Crippen LogP contribution is 2.20. The zero-order valence-corrected chi connectivity index (χ0v) is 12.4. The molecule has 0 saturated heterocycles. The van der Waals surface area contributed by atoms with Gasteiger partial charge in [-0.3, -0.25) is 0 Å². The lowest BCUT2D eigenvalue weighted by Crippen LogP contribution is -2.12. The standard InChI is InChI=1S/C14H15ClFN3O2/c1-8(2)6-11-13(14(20)21)17-18-19(11)7-9-4-3-5-10(15)12(9)16/h3-5,8H,6-7H2,1-2H3,(H,20,21). The number of rotatable bonds is 5. The Bertz CT molecular complexity index is 670. The lowest BCUT2D eigenvalue weighted by molar-refractivity contribution is 0.0689. The van der Waals surface area contributed by atoms with Crippen molar-refractivity contribution >= 4 is 17.6 Å². The van der Waals surface area contributed by atoms with E-state index < -0.39 is 11.8 Å². The summed E-state index contributed by atoms with van der Waals surface area (Å²) in [4.78, 5) is 11.2. The molecule has 0 atom stereocenters. The number of carbonyl (C=O) groups is 1. The molecule has 0 aliphatic rings. The van der Waals surface area contributed by atoms with Gasteiger partial charge in [-0.1, -0.05) is 42.8 Å². The van der Waals surface area contributed by atoms with E-state index in [1.807, 2.05) is 13.8 Å². The second kappa shape index (κ2) is 6.22. The molecule has 0 amide bonds. The van der Waals surface area contributed by atoms with Gasteiger partial charge in [-0.05, 0) is 18.4 Å². The maximum Gasteiger partial charge on any atom is 0.358 e. The maximum atomic E-state index is 13.9. The predicted octanol–water partition coefficient (Wildman–Crippen LogP) is 3.02. The molecule has 1 N–H and O–H groups in total. The first-order valence-corrected chi connectivity index (χ1v) is 6.86. The molecule has 0 aliphatic heterocycles. The molecular weight excluding hydrogens is 297 g/mol. The minimum atomic E-state index is -1.14. The van der Waals surface area contributed by atoms with Crippen LogP contribution in [0.3, 0.4) is 0 Å². The highest BCUT2D eigenvalue weighted by molar-refractivity contribution is 6.30. The first-order chi connectivity index (χ1) is 9.90. The number of benzene rings is 1. The molecule has 0 fully saturated rings. The van der Waals surface area contributed by atoms with E-state index in [0.29, 0.717) is 17.7 Å². The fourth-order valence-electron chi connectivity index (χ4n) is 2.05. The number of hydrogen-bond acceptors (Lipinski definition) is 3. The molecular formula is C14H15ClFN3O2. The van der Waals surface area contributed by atoms with Crippen LogP contribution in [-0.2, 0) is 13.0 Å². The van der Waals surface area contributed by atoms with Gasteiger partial charge in [-0.2, -0.15) is 0 Å². The molecule has 0 spiro atoms. The summed E-state index contributed by atoms with van der Waals surface area (Å²) in [6.07, 6.45) is 0.497. The monoisotopic (exact) mass is 311 g/mol. The van der Waals surface area contributed by atoms with Crippen molar-refractivity contribution in [1.82, 2.24) is 15.0 Å². The molecule has 0 unspecified atom stereocenters. The topological polar surface area (TPSA) is 68.0 Å². The minimum Gasteiger partial charge on any atom is -0.476 e. The third kappa shape index (κ3) is 3.39. The van der Waals surface area contributed by atoms with E-state index >= 15 is 0 Å². The van der Waals surface area contributed by atoms with Gasteiger partial charge in [0.1, 0.15) is 5.82 Å². The number of aromatic carboxylic acids is 1. The molecule has 5 nitrogen and oxygen atoms in total. The second-order valence-corrected chi connectivity index (χ2v) is 5.57. The van der Waals surface area contributed by atoms with Gasteiger partial charge >= 0.3 is 5.97 Å². The summed E-state index contributed by atoms with van der Waals surface area (Å²) in [7, 11) is 0. The summed E-state index contributed by atoms with van der Waals surface area (Å²) < 4.78 is 15.4. The summed E-state index contributed by atoms with van der Waals surface area (Å²) in [5.74, 6) is -1.44. The summed E-state index contributed by atoms with van der Waals surface area (Å²) in [5.41, 5.74) is 0.734. The van der Waals surface area contributed by atoms with Gasteiger partial charge in [0.2, 0.25) is 0 Å². The van der Waals surface area contributed by atoms with Crippen molar-refractivity contribution in [3.8, 4) is 0 Å². The number of nitrogens with zero attached hydrogens (tertiary/aromatic N) is 3. The lowest BCUT2D eigenvalue weighted by atomic mass is 10.1. The predicted molar refractivity (Wildman–Crippen MR) is 76.0 cm³/mol. The van der Waals surface area contributed by atoms with E-state index in [1.54, 1.807) is 12.1 Å². The summed E-state index contributed by atoms with van der Waals surface area (Å²) in [6, 6.07) is 4.68. The van der Waals surface area contributed by atoms with Crippen LogP contribution in [0.4, 0.5) is 4.39 Å². The highest BCUT2D eigenvalue weighted by Gasteiger charge is 2.20. The fourth-order valence-corrected chi connectivity index (χ4v) is 2.24. The quantitative estimate of drug-likeness (QED) is 0.921. The Hall–Kier alpha value is -1.95. The van der Waals surface area contributed by atoms with Crippen molar-refractivity contribution in [2.75, 3.05) is 0 Å². The average molecular weight is 312 g/mol. The smallest absolute Gasteiger partial charge is 0.358 e. The number of carboxylic acid groups (broad SMARTS) is 1. The first kappa shape index (κ1) is 15.4. The van der Waals surface area contributed by atoms with E-state index in [2.05, 4.69) is 10.3 Å². The fraction of sp³-hybridized carbons (Fsp3) is 0.357. The van der Waals surface area contributed by atoms with Crippen LogP contribution >= 0.6 is 11.6 Å². The van der Waals surface area contributed by atoms with Crippen LogP contribution < -0.4 is 0 Å². The Labute approximate surface area is 126 Å². The molecule has 0 saturated carbocycles. The molecule has 0 bridgehead atoms. The van der Waals surface area contributed by atoms with E-state index in [0.717, 1.165) is 0 Å². The largest absolute Gasteiger partial charge is 0.476 e. The van der Waals surface area contributed by atoms with Crippen LogP contribution in [0.5, 0.6) is 0 Å². The van der Waals surface area contributed by atoms with Crippen LogP contribution in [0.25, 0.3) is 0 Å². The SMILES string of the molecule is CC(C)Cc1c(C(=O)O)nnn1Cc1cccc(Cl)c1F. The van der Waals surface area contributed by atoms with Gasteiger partial charge in [0.25, 0.3) is 0 Å². The zero-order chi connectivity index (χ0) is 15.6. The third-order valence-electron chi connectivity index (χ3n) is 2.99. The Kier molecular flexibility index (Phi) is 4.57. The molecule has 1 heterocycles. The van der Waals surface area contributed by atoms with Gasteiger partial charge in [0.05, 0.1) is 17.3 Å². The van der Waals surface area contributed by atoms with Gasteiger partial charge in [0, 0.05) is 5.56 Å². The van der Waals surface area contributed by atoms with Crippen molar-refractivity contribution in [1.29, 1.82) is 0 Å². The Balaban J connectivity index is 2.40. The number of aromatic nitrogens is 3. The van der Waals surface area contributed by atoms with Crippen LogP contribution in [0.1, 0.15) is 35.6 Å². The van der Waals surface area contributed by atoms with E-state index in [9.17, 15) is 9.18 Å². The summed E-state index contributed by atoms with van der Waals surface area (Å²) >= 11 is 5.75. The van der Waals surface area contributed by atoms with Crippen molar-refractivity contribution in [2.24, 2.45) is 5.92 Å². The Morgan fingerprint density at radius 3 is 2.81 bits per heavy atom. The molecule has 2 aromatic rings. The number of hydrogen-bond donors (Lipinski definition) is 1. The van der Waals surface area contributed by atoms with Gasteiger partial charge in [-0.15, -0.1) is 5.10 Å². The van der Waals surface area contributed by atoms with Gasteiger partial charge in [0.15, 0.2) is 5.69 Å². The normalized spacial score (nSPS) is 11.1. The van der Waals surface area contributed by atoms with Crippen LogP contribution in [0.2, 0.25) is 5.02 Å². The molecule has 2 rings (SSSR count). The number of carboxylic acids is 1. The number of halogens is 2. The lowest BCUT2D eigenvalue weighted by Gasteiger charge is -2.10. The molecule has 1 aromatic heterocycles. The zero-order valence-electron chi connectivity index (χ0n) is 11.7. The van der Waals surface area contributed by atoms with Crippen LogP contribution in [0, 0.1) is 11.7 Å². The Morgan fingerprint density at radius 2 is 2.19 bits per heavy atom. The maximum absolute atomic E-state index is 13.9. The van der Waals surface area contributed by atoms with Crippen molar-refractivity contribution < 1.29 is 14.3 Å². The second-order valence-electron chi connectivity index (χ2n) is 5.16. The molecule has 112 valence electrons. The Morgan fingerprint density at radius 1 is 1.48 bits per heavy atom. The molecule has 0 radical (unpaired) electrons. The van der Waals surface area contributed by atoms with E-state index in [4.69, 9.17) is 16.7 Å². The average Bonchev–Trinajstić information content (AvgIpc) is 2.77. The summed E-state index contributed by atoms with van der Waals surface area (Å²) in [5, 5.41) is 16.7.